The number of hydrogen-bond donors (Lipinski definition) is 0. The van der Waals surface area contributed by atoms with Gasteiger partial charge in [0.1, 0.15) is 0 Å². The predicted octanol–water partition coefficient (Wildman–Crippen LogP) is 5.14. The van der Waals surface area contributed by atoms with E-state index in [1.54, 1.807) is 0 Å². The molecule has 2 aromatic rings. The lowest BCUT2D eigenvalue weighted by molar-refractivity contribution is 0.857. The van der Waals surface area contributed by atoms with Crippen molar-refractivity contribution in [2.24, 2.45) is 0 Å². The number of fused-ring (bicyclic) bond motifs is 1. The summed E-state index contributed by atoms with van der Waals surface area (Å²) in [7, 11) is 0. The van der Waals surface area contributed by atoms with Crippen LogP contribution < -0.4 is 0 Å². The van der Waals surface area contributed by atoms with E-state index in [2.05, 4.69) is 57.8 Å². The fourth-order valence-electron chi connectivity index (χ4n) is 1.30. The van der Waals surface area contributed by atoms with Gasteiger partial charge >= 0.3 is 0 Å². The van der Waals surface area contributed by atoms with Crippen LogP contribution in [0.2, 0.25) is 0 Å². The maximum absolute atomic E-state index is 4.57. The van der Waals surface area contributed by atoms with Crippen LogP contribution in [-0.4, -0.2) is 4.98 Å². The van der Waals surface area contributed by atoms with Gasteiger partial charge in [-0.1, -0.05) is 40.2 Å². The Bertz CT molecular complexity index is 443. The Balaban J connectivity index is 0.000000386. The van der Waals surface area contributed by atoms with Crippen LogP contribution >= 0.6 is 11.3 Å². The van der Waals surface area contributed by atoms with Crippen LogP contribution in [0, 0.1) is 6.92 Å². The van der Waals surface area contributed by atoms with Crippen molar-refractivity contribution in [2.75, 3.05) is 0 Å². The average molecular weight is 235 g/mol. The normalized spacial score (nSPS) is 10.4. The molecule has 0 radical (unpaired) electrons. The Morgan fingerprint density at radius 2 is 1.88 bits per heavy atom. The third-order valence-electron chi connectivity index (χ3n) is 2.05. The zero-order valence-electron chi connectivity index (χ0n) is 10.9. The summed E-state index contributed by atoms with van der Waals surface area (Å²) in [5, 5.41) is 1.24. The van der Waals surface area contributed by atoms with Gasteiger partial charge in [0.25, 0.3) is 0 Å². The molecule has 1 heterocycles. The molecule has 16 heavy (non-hydrogen) atoms. The van der Waals surface area contributed by atoms with Gasteiger partial charge in [0.05, 0.1) is 15.2 Å². The van der Waals surface area contributed by atoms with E-state index in [0.717, 1.165) is 5.52 Å². The molecule has 1 aromatic heterocycles. The molecule has 88 valence electrons. The molecule has 0 bridgehead atoms. The highest BCUT2D eigenvalue weighted by molar-refractivity contribution is 7.18. The molecule has 0 unspecified atom stereocenters. The Hall–Kier alpha value is -0.890. The lowest BCUT2D eigenvalue weighted by Gasteiger charge is -1.94. The molecule has 2 heteroatoms. The van der Waals surface area contributed by atoms with Crippen LogP contribution in [0.15, 0.2) is 18.2 Å². The summed E-state index contributed by atoms with van der Waals surface area (Å²) in [6, 6.07) is 6.43. The van der Waals surface area contributed by atoms with Crippen molar-refractivity contribution in [1.82, 2.24) is 4.98 Å². The first-order valence-electron chi connectivity index (χ1n) is 5.95. The van der Waals surface area contributed by atoms with Gasteiger partial charge in [0, 0.05) is 5.92 Å². The van der Waals surface area contributed by atoms with E-state index in [4.69, 9.17) is 0 Å². The summed E-state index contributed by atoms with van der Waals surface area (Å²) in [4.78, 5) is 4.57. The maximum atomic E-state index is 4.57. The number of thiazole rings is 1. The number of aromatic nitrogens is 1. The maximum Gasteiger partial charge on any atom is 0.0963 e. The van der Waals surface area contributed by atoms with E-state index in [1.165, 1.54) is 21.7 Å². The lowest BCUT2D eigenvalue weighted by Crippen LogP contribution is -1.82. The topological polar surface area (TPSA) is 12.9 Å². The zero-order chi connectivity index (χ0) is 12.1. The quantitative estimate of drug-likeness (QED) is 0.666. The fourth-order valence-corrected chi connectivity index (χ4v) is 2.36. The smallest absolute Gasteiger partial charge is 0.0963 e. The van der Waals surface area contributed by atoms with Crippen molar-refractivity contribution in [3.8, 4) is 0 Å². The number of hydrogen-bond acceptors (Lipinski definition) is 2. The van der Waals surface area contributed by atoms with E-state index in [0.29, 0.717) is 5.92 Å². The SMILES string of the molecule is CCC.Cc1ccc2nc(C(C)C)sc2c1. The summed E-state index contributed by atoms with van der Waals surface area (Å²) >= 11 is 1.81. The molecule has 0 saturated heterocycles. The van der Waals surface area contributed by atoms with Crippen molar-refractivity contribution in [1.29, 1.82) is 0 Å². The minimum absolute atomic E-state index is 0.540. The molecule has 0 N–H and O–H groups in total. The van der Waals surface area contributed by atoms with Gasteiger partial charge in [-0.25, -0.2) is 4.98 Å². The molecule has 0 saturated carbocycles. The Labute approximate surface area is 103 Å². The van der Waals surface area contributed by atoms with Gasteiger partial charge in [0.15, 0.2) is 0 Å². The van der Waals surface area contributed by atoms with Gasteiger partial charge < -0.3 is 0 Å². The number of benzene rings is 1. The second kappa shape index (κ2) is 6.00. The minimum atomic E-state index is 0.540. The summed E-state index contributed by atoms with van der Waals surface area (Å²) in [6.07, 6.45) is 1.25. The van der Waals surface area contributed by atoms with Crippen LogP contribution in [0.1, 0.15) is 50.6 Å². The van der Waals surface area contributed by atoms with Crippen LogP contribution in [0.3, 0.4) is 0 Å². The predicted molar refractivity (Wildman–Crippen MR) is 74.4 cm³/mol. The highest BCUT2D eigenvalue weighted by atomic mass is 32.1. The number of rotatable bonds is 1. The van der Waals surface area contributed by atoms with Gasteiger partial charge in [-0.05, 0) is 24.6 Å². The number of aryl methyl sites for hydroxylation is 1. The zero-order valence-corrected chi connectivity index (χ0v) is 11.7. The van der Waals surface area contributed by atoms with Crippen molar-refractivity contribution >= 4 is 21.6 Å². The molecule has 0 aliphatic carbocycles. The van der Waals surface area contributed by atoms with Crippen molar-refractivity contribution < 1.29 is 0 Å². The van der Waals surface area contributed by atoms with E-state index in [1.807, 2.05) is 11.3 Å². The summed E-state index contributed by atoms with van der Waals surface area (Å²) in [5.74, 6) is 0.540. The molecule has 1 nitrogen and oxygen atoms in total. The molecular weight excluding hydrogens is 214 g/mol. The van der Waals surface area contributed by atoms with Crippen LogP contribution in [0.5, 0.6) is 0 Å². The highest BCUT2D eigenvalue weighted by Crippen LogP contribution is 2.27. The summed E-state index contributed by atoms with van der Waals surface area (Å²) < 4.78 is 1.31. The van der Waals surface area contributed by atoms with E-state index < -0.39 is 0 Å². The lowest BCUT2D eigenvalue weighted by atomic mass is 10.2. The second-order valence-electron chi connectivity index (χ2n) is 4.39. The van der Waals surface area contributed by atoms with Crippen molar-refractivity contribution in [3.05, 3.63) is 28.8 Å². The molecule has 1 aromatic carbocycles. The van der Waals surface area contributed by atoms with E-state index in [-0.39, 0.29) is 0 Å². The van der Waals surface area contributed by atoms with Gasteiger partial charge in [0.2, 0.25) is 0 Å². The molecule has 2 rings (SSSR count). The Morgan fingerprint density at radius 1 is 1.25 bits per heavy atom. The fraction of sp³-hybridized carbons (Fsp3) is 0.500. The Kier molecular flexibility index (Phi) is 4.94. The second-order valence-corrected chi connectivity index (χ2v) is 5.45. The largest absolute Gasteiger partial charge is 0.241 e. The van der Waals surface area contributed by atoms with Crippen molar-refractivity contribution in [3.63, 3.8) is 0 Å². The first kappa shape index (κ1) is 13.2. The third kappa shape index (κ3) is 3.31. The summed E-state index contributed by atoms with van der Waals surface area (Å²) in [5.41, 5.74) is 2.45. The molecular formula is C14H21NS. The van der Waals surface area contributed by atoms with Crippen LogP contribution in [0.25, 0.3) is 10.2 Å². The molecule has 0 atom stereocenters. The molecule has 0 aliphatic rings. The molecule has 0 amide bonds. The van der Waals surface area contributed by atoms with Gasteiger partial charge in [-0.15, -0.1) is 11.3 Å². The third-order valence-corrected chi connectivity index (χ3v) is 3.37. The standard InChI is InChI=1S/C11H13NS.C3H8/c1-7(2)11-12-9-5-4-8(3)6-10(9)13-11;1-3-2/h4-7H,1-3H3;3H2,1-2H3. The van der Waals surface area contributed by atoms with Crippen LogP contribution in [-0.2, 0) is 0 Å². The van der Waals surface area contributed by atoms with Gasteiger partial charge in [-0.3, -0.25) is 0 Å². The molecule has 0 spiro atoms. The van der Waals surface area contributed by atoms with E-state index in [9.17, 15) is 0 Å². The molecule has 0 fully saturated rings. The van der Waals surface area contributed by atoms with E-state index >= 15 is 0 Å². The first-order valence-corrected chi connectivity index (χ1v) is 6.77. The first-order chi connectivity index (χ1) is 7.58. The average Bonchev–Trinajstić information content (AvgIpc) is 2.61. The summed E-state index contributed by atoms with van der Waals surface area (Å²) in [6.45, 7) is 10.7. The minimum Gasteiger partial charge on any atom is -0.241 e. The number of nitrogens with zero attached hydrogens (tertiary/aromatic N) is 1. The van der Waals surface area contributed by atoms with Crippen LogP contribution in [0.4, 0.5) is 0 Å². The molecule has 0 aliphatic heterocycles. The van der Waals surface area contributed by atoms with Gasteiger partial charge in [-0.2, -0.15) is 0 Å². The van der Waals surface area contributed by atoms with Crippen molar-refractivity contribution in [2.45, 2.75) is 47.0 Å². The highest BCUT2D eigenvalue weighted by Gasteiger charge is 2.06. The Morgan fingerprint density at radius 3 is 2.44 bits per heavy atom. The monoisotopic (exact) mass is 235 g/mol.